The smallest absolute Gasteiger partial charge is 0.00142 e. The molecule has 0 heterocycles. The first-order valence-electron chi connectivity index (χ1n) is 7.73. The van der Waals surface area contributed by atoms with E-state index in [0.29, 0.717) is 0 Å². The van der Waals surface area contributed by atoms with Crippen LogP contribution in [0.4, 0.5) is 0 Å². The summed E-state index contributed by atoms with van der Waals surface area (Å²) in [4.78, 5) is 0. The molecule has 98 valence electrons. The van der Waals surface area contributed by atoms with Crippen LogP contribution in [0.1, 0.15) is 78.6 Å². The van der Waals surface area contributed by atoms with Gasteiger partial charge in [0.05, 0.1) is 0 Å². The van der Waals surface area contributed by atoms with E-state index in [1.165, 1.54) is 57.8 Å². The highest BCUT2D eigenvalue weighted by atomic mass is 14.2. The van der Waals surface area contributed by atoms with Crippen LogP contribution in [0.2, 0.25) is 0 Å². The molecule has 0 spiro atoms. The van der Waals surface area contributed by atoms with Crippen LogP contribution in [0, 0.1) is 5.92 Å². The van der Waals surface area contributed by atoms with Crippen LogP contribution in [0.5, 0.6) is 0 Å². The van der Waals surface area contributed by atoms with Crippen LogP contribution < -0.4 is 0 Å². The third kappa shape index (κ3) is 4.69. The molecule has 0 saturated carbocycles. The van der Waals surface area contributed by atoms with Crippen molar-refractivity contribution in [3.63, 3.8) is 0 Å². The number of rotatable bonds is 9. The quantitative estimate of drug-likeness (QED) is 0.456. The van der Waals surface area contributed by atoms with Crippen molar-refractivity contribution in [2.24, 2.45) is 5.92 Å². The Labute approximate surface area is 108 Å². The van der Waals surface area contributed by atoms with E-state index in [2.05, 4.69) is 32.9 Å². The maximum Gasteiger partial charge on any atom is -0.00142 e. The fourth-order valence-corrected chi connectivity index (χ4v) is 2.71. The average molecular weight is 234 g/mol. The summed E-state index contributed by atoms with van der Waals surface area (Å²) in [5, 5.41) is 0. The molecule has 1 unspecified atom stereocenters. The van der Waals surface area contributed by atoms with E-state index in [1.807, 2.05) is 0 Å². The Bertz CT molecular complexity index is 257. The first kappa shape index (κ1) is 14.5. The Morgan fingerprint density at radius 2 is 1.53 bits per heavy atom. The monoisotopic (exact) mass is 234 g/mol. The summed E-state index contributed by atoms with van der Waals surface area (Å²) in [7, 11) is 0. The molecule has 0 saturated heterocycles. The second-order valence-corrected chi connectivity index (χ2v) is 5.37. The summed E-state index contributed by atoms with van der Waals surface area (Å²) in [6.45, 7) is 6.89. The topological polar surface area (TPSA) is 0 Å². The van der Waals surface area contributed by atoms with Gasteiger partial charge in [0.2, 0.25) is 0 Å². The fraction of sp³-hybridized carbons (Fsp3) is 0.765. The van der Waals surface area contributed by atoms with Gasteiger partial charge in [0.15, 0.2) is 0 Å². The predicted octanol–water partition coefficient (Wildman–Crippen LogP) is 6.04. The minimum Gasteiger partial charge on any atom is -0.0771 e. The first-order chi connectivity index (χ1) is 8.33. The first-order valence-corrected chi connectivity index (χ1v) is 7.73. The summed E-state index contributed by atoms with van der Waals surface area (Å²) in [5.41, 5.74) is 3.47. The Balaban J connectivity index is 2.59. The van der Waals surface area contributed by atoms with Gasteiger partial charge in [-0.05, 0) is 43.6 Å². The molecule has 0 aromatic carbocycles. The van der Waals surface area contributed by atoms with Gasteiger partial charge < -0.3 is 0 Å². The van der Waals surface area contributed by atoms with Crippen LogP contribution in [0.15, 0.2) is 23.3 Å². The van der Waals surface area contributed by atoms with Gasteiger partial charge in [-0.2, -0.15) is 0 Å². The molecule has 0 aromatic heterocycles. The number of hydrogen-bond donors (Lipinski definition) is 0. The Morgan fingerprint density at radius 3 is 2.18 bits per heavy atom. The maximum absolute atomic E-state index is 2.48. The number of allylic oxidation sites excluding steroid dienone is 4. The van der Waals surface area contributed by atoms with E-state index in [-0.39, 0.29) is 0 Å². The molecule has 0 amide bonds. The normalized spacial score (nSPS) is 19.4. The Morgan fingerprint density at radius 1 is 0.882 bits per heavy atom. The highest BCUT2D eigenvalue weighted by Crippen LogP contribution is 2.35. The van der Waals surface area contributed by atoms with Crippen LogP contribution >= 0.6 is 0 Å². The Kier molecular flexibility index (Phi) is 7.32. The standard InChI is InChI=1S/C17H30/c1-4-7-10-15-13-14-16(11-8-5-2)17(15)12-9-6-3/h13-15H,4-12H2,1-3H3. The van der Waals surface area contributed by atoms with Gasteiger partial charge in [0.25, 0.3) is 0 Å². The van der Waals surface area contributed by atoms with Gasteiger partial charge >= 0.3 is 0 Å². The predicted molar refractivity (Wildman–Crippen MR) is 78.2 cm³/mol. The van der Waals surface area contributed by atoms with Crippen molar-refractivity contribution >= 4 is 0 Å². The highest BCUT2D eigenvalue weighted by molar-refractivity contribution is 5.36. The summed E-state index contributed by atoms with van der Waals surface area (Å²) < 4.78 is 0. The van der Waals surface area contributed by atoms with E-state index in [1.54, 1.807) is 11.1 Å². The molecule has 1 aliphatic carbocycles. The van der Waals surface area contributed by atoms with Gasteiger partial charge in [-0.15, -0.1) is 0 Å². The third-order valence-electron chi connectivity index (χ3n) is 3.86. The zero-order valence-electron chi connectivity index (χ0n) is 12.1. The van der Waals surface area contributed by atoms with Crippen molar-refractivity contribution in [3.05, 3.63) is 23.3 Å². The van der Waals surface area contributed by atoms with Gasteiger partial charge in [0, 0.05) is 0 Å². The molecule has 0 heteroatoms. The summed E-state index contributed by atoms with van der Waals surface area (Å²) in [6.07, 6.45) is 17.0. The SMILES string of the molecule is CCCCC1=C(CCCC)C(CCCC)C=C1. The van der Waals surface area contributed by atoms with Crippen molar-refractivity contribution in [2.45, 2.75) is 78.6 Å². The molecule has 0 bridgehead atoms. The molecule has 1 atom stereocenters. The van der Waals surface area contributed by atoms with Gasteiger partial charge in [-0.25, -0.2) is 0 Å². The molecule has 0 N–H and O–H groups in total. The molecule has 0 radical (unpaired) electrons. The highest BCUT2D eigenvalue weighted by Gasteiger charge is 2.18. The lowest BCUT2D eigenvalue weighted by Crippen LogP contribution is -2.00. The second kappa shape index (κ2) is 8.55. The number of unbranched alkanes of at least 4 members (excludes halogenated alkanes) is 3. The average Bonchev–Trinajstić information content (AvgIpc) is 2.73. The van der Waals surface area contributed by atoms with Gasteiger partial charge in [-0.3, -0.25) is 0 Å². The minimum absolute atomic E-state index is 0.786. The van der Waals surface area contributed by atoms with Crippen LogP contribution in [0.3, 0.4) is 0 Å². The molecular weight excluding hydrogens is 204 g/mol. The lowest BCUT2D eigenvalue weighted by atomic mass is 9.90. The Hall–Kier alpha value is -0.520. The van der Waals surface area contributed by atoms with E-state index >= 15 is 0 Å². The van der Waals surface area contributed by atoms with E-state index < -0.39 is 0 Å². The van der Waals surface area contributed by atoms with Crippen molar-refractivity contribution in [1.82, 2.24) is 0 Å². The molecular formula is C17H30. The van der Waals surface area contributed by atoms with E-state index in [0.717, 1.165) is 5.92 Å². The molecule has 0 fully saturated rings. The number of hydrogen-bond acceptors (Lipinski definition) is 0. The summed E-state index contributed by atoms with van der Waals surface area (Å²) >= 11 is 0. The fourth-order valence-electron chi connectivity index (χ4n) is 2.71. The lowest BCUT2D eigenvalue weighted by molar-refractivity contribution is 0.590. The molecule has 1 rings (SSSR count). The zero-order valence-corrected chi connectivity index (χ0v) is 12.1. The molecule has 0 aromatic rings. The van der Waals surface area contributed by atoms with E-state index in [9.17, 15) is 0 Å². The van der Waals surface area contributed by atoms with Crippen LogP contribution in [-0.2, 0) is 0 Å². The van der Waals surface area contributed by atoms with Crippen molar-refractivity contribution in [1.29, 1.82) is 0 Å². The van der Waals surface area contributed by atoms with Crippen LogP contribution in [-0.4, -0.2) is 0 Å². The molecule has 17 heavy (non-hydrogen) atoms. The second-order valence-electron chi connectivity index (χ2n) is 5.37. The van der Waals surface area contributed by atoms with Crippen molar-refractivity contribution < 1.29 is 0 Å². The summed E-state index contributed by atoms with van der Waals surface area (Å²) in [5.74, 6) is 0.786. The lowest BCUT2D eigenvalue weighted by Gasteiger charge is -2.15. The maximum atomic E-state index is 2.48. The van der Waals surface area contributed by atoms with Gasteiger partial charge in [-0.1, -0.05) is 64.2 Å². The van der Waals surface area contributed by atoms with Crippen molar-refractivity contribution in [3.8, 4) is 0 Å². The zero-order chi connectivity index (χ0) is 12.5. The van der Waals surface area contributed by atoms with Crippen molar-refractivity contribution in [2.75, 3.05) is 0 Å². The minimum atomic E-state index is 0.786. The molecule has 0 aliphatic heterocycles. The third-order valence-corrected chi connectivity index (χ3v) is 3.86. The summed E-state index contributed by atoms with van der Waals surface area (Å²) in [6, 6.07) is 0. The van der Waals surface area contributed by atoms with E-state index in [4.69, 9.17) is 0 Å². The molecule has 1 aliphatic rings. The van der Waals surface area contributed by atoms with Crippen LogP contribution in [0.25, 0.3) is 0 Å². The largest absolute Gasteiger partial charge is 0.0771 e. The van der Waals surface area contributed by atoms with Gasteiger partial charge in [0.1, 0.15) is 0 Å². The molecule has 0 nitrogen and oxygen atoms in total.